The van der Waals surface area contributed by atoms with Crippen LogP contribution in [0.25, 0.3) is 0 Å². The number of aliphatic imine (C=N–C) groups is 1. The van der Waals surface area contributed by atoms with Crippen LogP contribution in [-0.4, -0.2) is 76.8 Å². The Kier molecular flexibility index (Phi) is 15.6. The normalized spacial score (nSPS) is 12.3. The van der Waals surface area contributed by atoms with Crippen molar-refractivity contribution in [3.63, 3.8) is 0 Å². The second-order valence-electron chi connectivity index (χ2n) is 6.85. The highest BCUT2D eigenvalue weighted by Gasteiger charge is 2.09. The minimum atomic E-state index is -0.0654. The summed E-state index contributed by atoms with van der Waals surface area (Å²) in [6.45, 7) is 7.90. The van der Waals surface area contributed by atoms with E-state index in [1.165, 1.54) is 0 Å². The second kappa shape index (κ2) is 16.4. The summed E-state index contributed by atoms with van der Waals surface area (Å²) in [7, 11) is 5.78. The van der Waals surface area contributed by atoms with Crippen LogP contribution in [0, 0.1) is 0 Å². The number of rotatable bonds is 12. The summed E-state index contributed by atoms with van der Waals surface area (Å²) < 4.78 is 5.81. The van der Waals surface area contributed by atoms with Gasteiger partial charge in [0.25, 0.3) is 5.91 Å². The third-order valence-electron chi connectivity index (χ3n) is 4.22. The third kappa shape index (κ3) is 12.0. The van der Waals surface area contributed by atoms with Gasteiger partial charge >= 0.3 is 0 Å². The van der Waals surface area contributed by atoms with Crippen LogP contribution in [0.15, 0.2) is 29.3 Å². The van der Waals surface area contributed by atoms with Gasteiger partial charge in [-0.15, -0.1) is 24.0 Å². The van der Waals surface area contributed by atoms with Crippen LogP contribution in [0.1, 0.15) is 36.2 Å². The molecule has 0 aliphatic carbocycles. The van der Waals surface area contributed by atoms with Crippen molar-refractivity contribution < 1.29 is 9.53 Å². The first kappa shape index (κ1) is 27.6. The minimum Gasteiger partial charge on any atom is -0.377 e. The highest BCUT2D eigenvalue weighted by atomic mass is 127. The average Bonchev–Trinajstić information content (AvgIpc) is 2.69. The Hall–Kier alpha value is -1.39. The summed E-state index contributed by atoms with van der Waals surface area (Å²) in [5, 5.41) is 9.30. The van der Waals surface area contributed by atoms with Gasteiger partial charge in [0, 0.05) is 38.9 Å². The average molecular weight is 519 g/mol. The van der Waals surface area contributed by atoms with Crippen LogP contribution < -0.4 is 16.0 Å². The maximum absolute atomic E-state index is 11.8. The predicted molar refractivity (Wildman–Crippen MR) is 132 cm³/mol. The van der Waals surface area contributed by atoms with E-state index in [4.69, 9.17) is 4.74 Å². The Bertz CT molecular complexity index is 610. The van der Waals surface area contributed by atoms with E-state index in [1.54, 1.807) is 7.05 Å². The van der Waals surface area contributed by atoms with Gasteiger partial charge in [0.15, 0.2) is 5.96 Å². The minimum absolute atomic E-state index is 0. The molecule has 0 aliphatic rings. The van der Waals surface area contributed by atoms with Gasteiger partial charge in [-0.2, -0.15) is 0 Å². The molecular formula is C21H38IN5O2. The molecule has 0 radical (unpaired) electrons. The zero-order valence-corrected chi connectivity index (χ0v) is 20.8. The molecule has 0 spiro atoms. The maximum atomic E-state index is 11.8. The summed E-state index contributed by atoms with van der Waals surface area (Å²) in [5.74, 6) is 0.726. The lowest BCUT2D eigenvalue weighted by Gasteiger charge is -2.19. The third-order valence-corrected chi connectivity index (χ3v) is 4.22. The number of carbonyl (C=O) groups excluding carboxylic acids is 1. The summed E-state index contributed by atoms with van der Waals surface area (Å²) >= 11 is 0. The molecule has 0 aromatic heterocycles. The fourth-order valence-electron chi connectivity index (χ4n) is 2.74. The number of nitrogens with one attached hydrogen (secondary N) is 3. The van der Waals surface area contributed by atoms with Gasteiger partial charge in [-0.25, -0.2) is 0 Å². The van der Waals surface area contributed by atoms with E-state index in [0.29, 0.717) is 18.7 Å². The monoisotopic (exact) mass is 519 g/mol. The molecule has 1 unspecified atom stereocenters. The van der Waals surface area contributed by atoms with E-state index >= 15 is 0 Å². The Labute approximate surface area is 193 Å². The van der Waals surface area contributed by atoms with Gasteiger partial charge in [0.1, 0.15) is 0 Å². The Morgan fingerprint density at radius 1 is 1.24 bits per heavy atom. The highest BCUT2D eigenvalue weighted by Crippen LogP contribution is 2.06. The van der Waals surface area contributed by atoms with Gasteiger partial charge in [0.05, 0.1) is 12.6 Å². The maximum Gasteiger partial charge on any atom is 0.251 e. The van der Waals surface area contributed by atoms with Gasteiger partial charge in [-0.1, -0.05) is 12.1 Å². The molecule has 0 bridgehead atoms. The lowest BCUT2D eigenvalue weighted by molar-refractivity contribution is 0.0582. The van der Waals surface area contributed by atoms with Crippen molar-refractivity contribution in [2.45, 2.75) is 32.8 Å². The molecule has 1 atom stereocenters. The molecule has 1 amide bonds. The first-order valence-corrected chi connectivity index (χ1v) is 10.1. The molecular weight excluding hydrogens is 481 g/mol. The number of amides is 1. The smallest absolute Gasteiger partial charge is 0.251 e. The molecule has 7 nitrogen and oxygen atoms in total. The lowest BCUT2D eigenvalue weighted by Crippen LogP contribution is -2.39. The number of hydrogen-bond acceptors (Lipinski definition) is 4. The van der Waals surface area contributed by atoms with Crippen molar-refractivity contribution in [2.75, 3.05) is 53.9 Å². The number of nitrogens with zero attached hydrogens (tertiary/aromatic N) is 2. The SMILES string of the molecule is CCNC(=NCC(CCN(C)C)OCC)NCCc1cccc(C(=O)NC)c1.I. The van der Waals surface area contributed by atoms with E-state index in [1.807, 2.05) is 31.2 Å². The lowest BCUT2D eigenvalue weighted by atomic mass is 10.1. The number of benzene rings is 1. The Morgan fingerprint density at radius 2 is 2.00 bits per heavy atom. The number of hydrogen-bond donors (Lipinski definition) is 3. The van der Waals surface area contributed by atoms with Crippen molar-refractivity contribution in [1.82, 2.24) is 20.9 Å². The molecule has 0 heterocycles. The molecule has 0 aliphatic heterocycles. The molecule has 3 N–H and O–H groups in total. The van der Waals surface area contributed by atoms with Crippen LogP contribution >= 0.6 is 24.0 Å². The molecule has 166 valence electrons. The first-order chi connectivity index (χ1) is 13.5. The largest absolute Gasteiger partial charge is 0.377 e. The van der Waals surface area contributed by atoms with Gasteiger partial charge in [0.2, 0.25) is 0 Å². The number of ether oxygens (including phenoxy) is 1. The summed E-state index contributed by atoms with van der Waals surface area (Å²) in [6.07, 6.45) is 1.88. The molecule has 0 fully saturated rings. The van der Waals surface area contributed by atoms with Crippen LogP contribution in [0.4, 0.5) is 0 Å². The molecule has 8 heteroatoms. The fourth-order valence-corrected chi connectivity index (χ4v) is 2.74. The molecule has 29 heavy (non-hydrogen) atoms. The van der Waals surface area contributed by atoms with E-state index < -0.39 is 0 Å². The summed E-state index contributed by atoms with van der Waals surface area (Å²) in [5.41, 5.74) is 1.80. The molecule has 0 saturated carbocycles. The van der Waals surface area contributed by atoms with Gasteiger partial charge < -0.3 is 25.6 Å². The standard InChI is InChI=1S/C21H37N5O2.HI/c1-6-23-21(25-16-19(28-7-2)12-14-26(4)5)24-13-11-17-9-8-10-18(15-17)20(27)22-3;/h8-10,15,19H,6-7,11-14,16H2,1-5H3,(H,22,27)(H2,23,24,25);1H. The van der Waals surface area contributed by atoms with Crippen molar-refractivity contribution in [3.8, 4) is 0 Å². The van der Waals surface area contributed by atoms with Crippen LogP contribution in [0.3, 0.4) is 0 Å². The van der Waals surface area contributed by atoms with Crippen molar-refractivity contribution in [3.05, 3.63) is 35.4 Å². The van der Waals surface area contributed by atoms with Crippen LogP contribution in [0.2, 0.25) is 0 Å². The Balaban J connectivity index is 0.00000784. The molecule has 1 aromatic carbocycles. The number of halogens is 1. The van der Waals surface area contributed by atoms with E-state index in [2.05, 4.69) is 46.9 Å². The topological polar surface area (TPSA) is 78.0 Å². The Morgan fingerprint density at radius 3 is 2.62 bits per heavy atom. The number of guanidine groups is 1. The molecule has 1 rings (SSSR count). The van der Waals surface area contributed by atoms with E-state index in [0.717, 1.165) is 44.0 Å². The molecule has 1 aromatic rings. The van der Waals surface area contributed by atoms with Gasteiger partial charge in [-0.3, -0.25) is 9.79 Å². The summed E-state index contributed by atoms with van der Waals surface area (Å²) in [6, 6.07) is 7.70. The first-order valence-electron chi connectivity index (χ1n) is 10.1. The van der Waals surface area contributed by atoms with E-state index in [9.17, 15) is 4.79 Å². The van der Waals surface area contributed by atoms with Crippen LogP contribution in [-0.2, 0) is 11.2 Å². The van der Waals surface area contributed by atoms with Crippen molar-refractivity contribution in [1.29, 1.82) is 0 Å². The van der Waals surface area contributed by atoms with Crippen molar-refractivity contribution >= 4 is 35.8 Å². The number of carbonyl (C=O) groups is 1. The zero-order chi connectivity index (χ0) is 20.8. The predicted octanol–water partition coefficient (Wildman–Crippen LogP) is 2.12. The zero-order valence-electron chi connectivity index (χ0n) is 18.5. The van der Waals surface area contributed by atoms with E-state index in [-0.39, 0.29) is 36.0 Å². The quantitative estimate of drug-likeness (QED) is 0.224. The van der Waals surface area contributed by atoms with Crippen LogP contribution in [0.5, 0.6) is 0 Å². The second-order valence-corrected chi connectivity index (χ2v) is 6.85. The summed E-state index contributed by atoms with van der Waals surface area (Å²) in [4.78, 5) is 18.6. The fraction of sp³-hybridized carbons (Fsp3) is 0.619. The molecule has 0 saturated heterocycles. The van der Waals surface area contributed by atoms with Gasteiger partial charge in [-0.05, 0) is 58.5 Å². The van der Waals surface area contributed by atoms with Crippen molar-refractivity contribution in [2.24, 2.45) is 4.99 Å². The highest BCUT2D eigenvalue weighted by molar-refractivity contribution is 14.0.